The zero-order valence-electron chi connectivity index (χ0n) is 15.7. The van der Waals surface area contributed by atoms with Crippen molar-refractivity contribution in [3.63, 3.8) is 0 Å². The zero-order chi connectivity index (χ0) is 17.9. The number of piperidine rings is 2. The average molecular weight is 357 g/mol. The van der Waals surface area contributed by atoms with Crippen LogP contribution in [0.4, 0.5) is 5.69 Å². The summed E-state index contributed by atoms with van der Waals surface area (Å²) in [6.45, 7) is 6.22. The first kappa shape index (κ1) is 17.8. The van der Waals surface area contributed by atoms with Gasteiger partial charge in [0.15, 0.2) is 0 Å². The van der Waals surface area contributed by atoms with Crippen LogP contribution in [0.2, 0.25) is 0 Å². The third-order valence-electron chi connectivity index (χ3n) is 6.58. The number of anilines is 1. The van der Waals surface area contributed by atoms with Gasteiger partial charge in [0, 0.05) is 24.7 Å². The summed E-state index contributed by atoms with van der Waals surface area (Å²) in [4.78, 5) is 14.9. The van der Waals surface area contributed by atoms with E-state index in [4.69, 9.17) is 4.74 Å². The highest BCUT2D eigenvalue weighted by molar-refractivity contribution is 5.90. The lowest BCUT2D eigenvalue weighted by Gasteiger charge is -2.32. The Labute approximate surface area is 156 Å². The molecule has 2 aliphatic heterocycles. The van der Waals surface area contributed by atoms with Crippen molar-refractivity contribution < 1.29 is 9.53 Å². The molecule has 2 unspecified atom stereocenters. The molecule has 1 amide bonds. The monoisotopic (exact) mass is 357 g/mol. The number of hydrogen-bond acceptors (Lipinski definition) is 4. The Bertz CT molecular complexity index is 617. The van der Waals surface area contributed by atoms with Gasteiger partial charge in [-0.05, 0) is 81.2 Å². The first-order valence-electron chi connectivity index (χ1n) is 10.1. The molecule has 142 valence electrons. The number of benzene rings is 1. The van der Waals surface area contributed by atoms with Gasteiger partial charge in [0.25, 0.3) is 0 Å². The van der Waals surface area contributed by atoms with Crippen LogP contribution in [0.5, 0.6) is 5.75 Å². The van der Waals surface area contributed by atoms with E-state index in [9.17, 15) is 4.79 Å². The summed E-state index contributed by atoms with van der Waals surface area (Å²) >= 11 is 0. The molecule has 1 aliphatic carbocycles. The Balaban J connectivity index is 1.14. The highest BCUT2D eigenvalue weighted by Crippen LogP contribution is 2.49. The molecule has 5 heteroatoms. The SMILES string of the molecule is COc1cccc(NC(=O)CCC2CCN(CC3C4CNCC43)CC2)c1. The van der Waals surface area contributed by atoms with Gasteiger partial charge in [0.05, 0.1) is 7.11 Å². The van der Waals surface area contributed by atoms with Crippen molar-refractivity contribution in [2.75, 3.05) is 45.2 Å². The van der Waals surface area contributed by atoms with Crippen LogP contribution in [0.15, 0.2) is 24.3 Å². The first-order chi connectivity index (χ1) is 12.7. The number of hydrogen-bond donors (Lipinski definition) is 2. The molecule has 5 nitrogen and oxygen atoms in total. The molecule has 0 aromatic heterocycles. The largest absolute Gasteiger partial charge is 0.497 e. The van der Waals surface area contributed by atoms with E-state index in [1.807, 2.05) is 24.3 Å². The number of carbonyl (C=O) groups excluding carboxylic acids is 1. The third-order valence-corrected chi connectivity index (χ3v) is 6.58. The smallest absolute Gasteiger partial charge is 0.224 e. The Kier molecular flexibility index (Phi) is 5.46. The predicted octanol–water partition coefficient (Wildman–Crippen LogP) is 2.59. The van der Waals surface area contributed by atoms with E-state index in [-0.39, 0.29) is 5.91 Å². The highest BCUT2D eigenvalue weighted by Gasteiger charge is 2.52. The maximum Gasteiger partial charge on any atom is 0.224 e. The summed E-state index contributed by atoms with van der Waals surface area (Å²) in [6, 6.07) is 7.55. The van der Waals surface area contributed by atoms with Crippen molar-refractivity contribution in [2.45, 2.75) is 25.7 Å². The molecule has 1 aromatic carbocycles. The lowest BCUT2D eigenvalue weighted by Crippen LogP contribution is -2.36. The Morgan fingerprint density at radius 2 is 2.04 bits per heavy atom. The van der Waals surface area contributed by atoms with E-state index in [2.05, 4.69) is 15.5 Å². The number of nitrogens with zero attached hydrogens (tertiary/aromatic N) is 1. The number of amides is 1. The van der Waals surface area contributed by atoms with Crippen LogP contribution in [0, 0.1) is 23.7 Å². The Hall–Kier alpha value is -1.59. The van der Waals surface area contributed by atoms with Crippen LogP contribution in [-0.4, -0.2) is 50.6 Å². The van der Waals surface area contributed by atoms with Gasteiger partial charge < -0.3 is 20.3 Å². The molecule has 2 atom stereocenters. The minimum atomic E-state index is 0.110. The molecular formula is C21H31N3O2. The second-order valence-corrected chi connectivity index (χ2v) is 8.21. The minimum absolute atomic E-state index is 0.110. The molecule has 2 saturated heterocycles. The lowest BCUT2D eigenvalue weighted by atomic mass is 9.92. The van der Waals surface area contributed by atoms with Crippen LogP contribution in [0.25, 0.3) is 0 Å². The van der Waals surface area contributed by atoms with E-state index in [0.29, 0.717) is 12.3 Å². The maximum absolute atomic E-state index is 12.2. The number of likely N-dealkylation sites (tertiary alicyclic amines) is 1. The Morgan fingerprint density at radius 1 is 1.27 bits per heavy atom. The molecule has 2 heterocycles. The summed E-state index contributed by atoms with van der Waals surface area (Å²) in [7, 11) is 1.64. The number of ether oxygens (including phenoxy) is 1. The number of fused-ring (bicyclic) bond motifs is 1. The molecule has 2 N–H and O–H groups in total. The fourth-order valence-corrected chi connectivity index (χ4v) is 4.83. The molecule has 0 spiro atoms. The highest BCUT2D eigenvalue weighted by atomic mass is 16.5. The van der Waals surface area contributed by atoms with Crippen molar-refractivity contribution in [3.05, 3.63) is 24.3 Å². The molecular weight excluding hydrogens is 326 g/mol. The van der Waals surface area contributed by atoms with Crippen molar-refractivity contribution in [1.82, 2.24) is 10.2 Å². The minimum Gasteiger partial charge on any atom is -0.497 e. The average Bonchev–Trinajstić information content (AvgIpc) is 3.08. The van der Waals surface area contributed by atoms with E-state index >= 15 is 0 Å². The zero-order valence-corrected chi connectivity index (χ0v) is 15.7. The number of methoxy groups -OCH3 is 1. The van der Waals surface area contributed by atoms with Gasteiger partial charge in [0.2, 0.25) is 5.91 Å². The van der Waals surface area contributed by atoms with Crippen molar-refractivity contribution in [2.24, 2.45) is 23.7 Å². The van der Waals surface area contributed by atoms with Crippen LogP contribution in [0.3, 0.4) is 0 Å². The van der Waals surface area contributed by atoms with Gasteiger partial charge in [-0.15, -0.1) is 0 Å². The van der Waals surface area contributed by atoms with E-state index < -0.39 is 0 Å². The summed E-state index contributed by atoms with van der Waals surface area (Å²) in [5.74, 6) is 4.47. The second-order valence-electron chi connectivity index (χ2n) is 8.21. The molecule has 1 aromatic rings. The second kappa shape index (κ2) is 7.97. The normalized spacial score (nSPS) is 28.6. The summed E-state index contributed by atoms with van der Waals surface area (Å²) in [5.41, 5.74) is 0.814. The topological polar surface area (TPSA) is 53.6 Å². The number of carbonyl (C=O) groups is 1. The predicted molar refractivity (Wildman–Crippen MR) is 103 cm³/mol. The maximum atomic E-state index is 12.2. The van der Waals surface area contributed by atoms with Crippen molar-refractivity contribution in [3.8, 4) is 5.75 Å². The standard InChI is InChI=1S/C21H31N3O2/c1-26-17-4-2-3-16(11-17)23-21(25)6-5-15-7-9-24(10-8-15)14-20-18-12-22-13-19(18)20/h2-4,11,15,18-20,22H,5-10,12-14H2,1H3,(H,23,25). The van der Waals surface area contributed by atoms with Gasteiger partial charge >= 0.3 is 0 Å². The molecule has 3 aliphatic rings. The van der Waals surface area contributed by atoms with Crippen LogP contribution in [-0.2, 0) is 4.79 Å². The number of nitrogens with one attached hydrogen (secondary N) is 2. The van der Waals surface area contributed by atoms with Crippen molar-refractivity contribution >= 4 is 11.6 Å². The van der Waals surface area contributed by atoms with Gasteiger partial charge in [-0.2, -0.15) is 0 Å². The molecule has 26 heavy (non-hydrogen) atoms. The Morgan fingerprint density at radius 3 is 2.77 bits per heavy atom. The molecule has 3 fully saturated rings. The molecule has 0 bridgehead atoms. The van der Waals surface area contributed by atoms with Gasteiger partial charge in [0.1, 0.15) is 5.75 Å². The number of rotatable bonds is 7. The third kappa shape index (κ3) is 4.21. The van der Waals surface area contributed by atoms with E-state index in [1.54, 1.807) is 7.11 Å². The first-order valence-corrected chi connectivity index (χ1v) is 10.1. The molecule has 1 saturated carbocycles. The van der Waals surface area contributed by atoms with Gasteiger partial charge in [-0.3, -0.25) is 4.79 Å². The van der Waals surface area contributed by atoms with E-state index in [0.717, 1.165) is 35.6 Å². The summed E-state index contributed by atoms with van der Waals surface area (Å²) < 4.78 is 5.20. The fourth-order valence-electron chi connectivity index (χ4n) is 4.83. The fraction of sp³-hybridized carbons (Fsp3) is 0.667. The lowest BCUT2D eigenvalue weighted by molar-refractivity contribution is -0.116. The van der Waals surface area contributed by atoms with Gasteiger partial charge in [-0.25, -0.2) is 0 Å². The van der Waals surface area contributed by atoms with Gasteiger partial charge in [-0.1, -0.05) is 6.07 Å². The quantitative estimate of drug-likeness (QED) is 0.788. The molecule has 4 rings (SSSR count). The van der Waals surface area contributed by atoms with E-state index in [1.165, 1.54) is 45.6 Å². The molecule has 0 radical (unpaired) electrons. The van der Waals surface area contributed by atoms with Crippen molar-refractivity contribution in [1.29, 1.82) is 0 Å². The van der Waals surface area contributed by atoms with Crippen LogP contribution >= 0.6 is 0 Å². The summed E-state index contributed by atoms with van der Waals surface area (Å²) in [5, 5.41) is 6.47. The summed E-state index contributed by atoms with van der Waals surface area (Å²) in [6.07, 6.45) is 4.10. The van der Waals surface area contributed by atoms with Crippen LogP contribution < -0.4 is 15.4 Å². The van der Waals surface area contributed by atoms with Crippen LogP contribution in [0.1, 0.15) is 25.7 Å².